The number of carboxylic acids is 1. The van der Waals surface area contributed by atoms with Gasteiger partial charge in [-0.05, 0) is 18.6 Å². The lowest BCUT2D eigenvalue weighted by atomic mass is 10.1. The Kier molecular flexibility index (Phi) is 3.50. The second kappa shape index (κ2) is 5.08. The molecule has 1 amide bonds. The lowest BCUT2D eigenvalue weighted by Crippen LogP contribution is -2.27. The number of aliphatic carboxylic acids is 1. The molecule has 1 aromatic rings. The summed E-state index contributed by atoms with van der Waals surface area (Å²) in [6.07, 6.45) is 0.454. The van der Waals surface area contributed by atoms with E-state index in [1.54, 1.807) is 0 Å². The highest BCUT2D eigenvalue weighted by Gasteiger charge is 2.20. The summed E-state index contributed by atoms with van der Waals surface area (Å²) in [5.74, 6) is -0.853. The standard InChI is InChI=1S/C13H16N2O3/c1-9-3-2-4-10-13(9)15(8-6-12(17)18)7-5-11(16)14-10/h2-4H,5-8H2,1H3,(H,14,16)(H,17,18). The molecule has 1 aliphatic rings. The second-order valence-electron chi connectivity index (χ2n) is 4.40. The molecule has 0 radical (unpaired) electrons. The molecule has 0 spiro atoms. The van der Waals surface area contributed by atoms with Gasteiger partial charge in [-0.2, -0.15) is 0 Å². The highest BCUT2D eigenvalue weighted by molar-refractivity contribution is 5.97. The van der Waals surface area contributed by atoms with E-state index in [4.69, 9.17) is 5.11 Å². The first-order valence-electron chi connectivity index (χ1n) is 5.94. The molecule has 5 heteroatoms. The van der Waals surface area contributed by atoms with Crippen LogP contribution in [0.2, 0.25) is 0 Å². The molecule has 1 aliphatic heterocycles. The third-order valence-electron chi connectivity index (χ3n) is 3.03. The Bertz CT molecular complexity index is 485. The summed E-state index contributed by atoms with van der Waals surface area (Å²) >= 11 is 0. The number of nitrogens with one attached hydrogen (secondary N) is 1. The molecule has 0 saturated carbocycles. The van der Waals surface area contributed by atoms with E-state index in [2.05, 4.69) is 5.32 Å². The number of carboxylic acid groups (broad SMARTS) is 1. The Morgan fingerprint density at radius 3 is 3.00 bits per heavy atom. The quantitative estimate of drug-likeness (QED) is 0.852. The molecule has 0 bridgehead atoms. The van der Waals surface area contributed by atoms with Crippen molar-refractivity contribution in [2.45, 2.75) is 19.8 Å². The number of carbonyl (C=O) groups excluding carboxylic acids is 1. The molecule has 0 aliphatic carbocycles. The summed E-state index contributed by atoms with van der Waals surface area (Å²) in [5.41, 5.74) is 2.74. The first-order chi connectivity index (χ1) is 8.58. The Balaban J connectivity index is 2.32. The zero-order valence-corrected chi connectivity index (χ0v) is 10.3. The first kappa shape index (κ1) is 12.4. The van der Waals surface area contributed by atoms with Crippen LogP contribution in [-0.2, 0) is 9.59 Å². The molecule has 5 nitrogen and oxygen atoms in total. The van der Waals surface area contributed by atoms with Crippen molar-refractivity contribution >= 4 is 23.3 Å². The number of benzene rings is 1. The maximum absolute atomic E-state index is 11.6. The zero-order chi connectivity index (χ0) is 13.1. The summed E-state index contributed by atoms with van der Waals surface area (Å²) in [6, 6.07) is 5.69. The lowest BCUT2D eigenvalue weighted by molar-refractivity contribution is -0.136. The molecule has 0 aromatic heterocycles. The SMILES string of the molecule is Cc1cccc2c1N(CCC(=O)O)CCC(=O)N2. The topological polar surface area (TPSA) is 69.6 Å². The minimum Gasteiger partial charge on any atom is -0.481 e. The minimum absolute atomic E-state index is 0.0281. The van der Waals surface area contributed by atoms with Gasteiger partial charge in [-0.1, -0.05) is 12.1 Å². The van der Waals surface area contributed by atoms with Crippen LogP contribution >= 0.6 is 0 Å². The van der Waals surface area contributed by atoms with Crippen molar-refractivity contribution < 1.29 is 14.7 Å². The number of anilines is 2. The van der Waals surface area contributed by atoms with E-state index in [0.717, 1.165) is 16.9 Å². The Morgan fingerprint density at radius 1 is 1.50 bits per heavy atom. The van der Waals surface area contributed by atoms with Gasteiger partial charge in [0, 0.05) is 19.5 Å². The van der Waals surface area contributed by atoms with Crippen LogP contribution in [0.25, 0.3) is 0 Å². The van der Waals surface area contributed by atoms with Crippen molar-refractivity contribution in [1.82, 2.24) is 0 Å². The summed E-state index contributed by atoms with van der Waals surface area (Å²) in [7, 11) is 0. The van der Waals surface area contributed by atoms with Gasteiger partial charge in [0.25, 0.3) is 0 Å². The number of para-hydroxylation sites is 1. The van der Waals surface area contributed by atoms with Crippen LogP contribution in [0.4, 0.5) is 11.4 Å². The molecular formula is C13H16N2O3. The van der Waals surface area contributed by atoms with Crippen LogP contribution in [0.15, 0.2) is 18.2 Å². The largest absolute Gasteiger partial charge is 0.481 e. The van der Waals surface area contributed by atoms with E-state index in [0.29, 0.717) is 19.5 Å². The summed E-state index contributed by atoms with van der Waals surface area (Å²) < 4.78 is 0. The lowest BCUT2D eigenvalue weighted by Gasteiger charge is -2.25. The predicted molar refractivity (Wildman–Crippen MR) is 68.9 cm³/mol. The Hall–Kier alpha value is -2.04. The highest BCUT2D eigenvalue weighted by atomic mass is 16.4. The monoisotopic (exact) mass is 248 g/mol. The number of carbonyl (C=O) groups is 2. The number of hydrogen-bond donors (Lipinski definition) is 2. The molecule has 0 unspecified atom stereocenters. The molecule has 18 heavy (non-hydrogen) atoms. The fourth-order valence-electron chi connectivity index (χ4n) is 2.19. The van der Waals surface area contributed by atoms with Gasteiger partial charge in [0.15, 0.2) is 0 Å². The summed E-state index contributed by atoms with van der Waals surface area (Å²) in [5, 5.41) is 11.6. The molecule has 0 fully saturated rings. The van der Waals surface area contributed by atoms with E-state index in [1.807, 2.05) is 30.0 Å². The highest BCUT2D eigenvalue weighted by Crippen LogP contribution is 2.32. The number of fused-ring (bicyclic) bond motifs is 1. The molecule has 2 rings (SSSR count). The molecule has 0 saturated heterocycles. The average molecular weight is 248 g/mol. The van der Waals surface area contributed by atoms with E-state index in [1.165, 1.54) is 0 Å². The van der Waals surface area contributed by atoms with Crippen molar-refractivity contribution in [1.29, 1.82) is 0 Å². The summed E-state index contributed by atoms with van der Waals surface area (Å²) in [6.45, 7) is 2.93. The zero-order valence-electron chi connectivity index (χ0n) is 10.3. The van der Waals surface area contributed by atoms with Gasteiger partial charge in [-0.3, -0.25) is 9.59 Å². The maximum atomic E-state index is 11.6. The van der Waals surface area contributed by atoms with Gasteiger partial charge in [-0.25, -0.2) is 0 Å². The number of nitrogens with zero attached hydrogens (tertiary/aromatic N) is 1. The van der Waals surface area contributed by atoms with Crippen molar-refractivity contribution in [2.75, 3.05) is 23.3 Å². The molecule has 96 valence electrons. The fraction of sp³-hybridized carbons (Fsp3) is 0.385. The van der Waals surface area contributed by atoms with Crippen molar-refractivity contribution in [3.05, 3.63) is 23.8 Å². The van der Waals surface area contributed by atoms with Gasteiger partial charge < -0.3 is 15.3 Å². The van der Waals surface area contributed by atoms with Crippen LogP contribution in [-0.4, -0.2) is 30.1 Å². The van der Waals surface area contributed by atoms with E-state index < -0.39 is 5.97 Å². The minimum atomic E-state index is -0.825. The molecular weight excluding hydrogens is 232 g/mol. The van der Waals surface area contributed by atoms with Gasteiger partial charge >= 0.3 is 5.97 Å². The summed E-state index contributed by atoms with van der Waals surface area (Å²) in [4.78, 5) is 24.2. The van der Waals surface area contributed by atoms with Crippen LogP contribution in [0.5, 0.6) is 0 Å². The van der Waals surface area contributed by atoms with Crippen LogP contribution in [0.3, 0.4) is 0 Å². The Labute approximate surface area is 105 Å². The predicted octanol–water partition coefficient (Wildman–Crippen LogP) is 1.62. The van der Waals surface area contributed by atoms with Crippen molar-refractivity contribution in [3.63, 3.8) is 0 Å². The van der Waals surface area contributed by atoms with Crippen LogP contribution < -0.4 is 10.2 Å². The molecule has 1 heterocycles. The van der Waals surface area contributed by atoms with E-state index in [9.17, 15) is 9.59 Å². The van der Waals surface area contributed by atoms with Crippen LogP contribution in [0.1, 0.15) is 18.4 Å². The average Bonchev–Trinajstić information content (AvgIpc) is 2.46. The normalized spacial score (nSPS) is 14.7. The smallest absolute Gasteiger partial charge is 0.305 e. The third kappa shape index (κ3) is 2.61. The van der Waals surface area contributed by atoms with Gasteiger partial charge in [-0.15, -0.1) is 0 Å². The molecule has 2 N–H and O–H groups in total. The van der Waals surface area contributed by atoms with Crippen LogP contribution in [0, 0.1) is 6.92 Å². The van der Waals surface area contributed by atoms with Crippen molar-refractivity contribution in [2.24, 2.45) is 0 Å². The number of amides is 1. The van der Waals surface area contributed by atoms with E-state index in [-0.39, 0.29) is 12.3 Å². The molecule has 0 atom stereocenters. The van der Waals surface area contributed by atoms with Crippen molar-refractivity contribution in [3.8, 4) is 0 Å². The fourth-order valence-corrected chi connectivity index (χ4v) is 2.19. The Morgan fingerprint density at radius 2 is 2.28 bits per heavy atom. The third-order valence-corrected chi connectivity index (χ3v) is 3.03. The number of aryl methyl sites for hydroxylation is 1. The maximum Gasteiger partial charge on any atom is 0.305 e. The van der Waals surface area contributed by atoms with Gasteiger partial charge in [0.05, 0.1) is 17.8 Å². The second-order valence-corrected chi connectivity index (χ2v) is 4.40. The first-order valence-corrected chi connectivity index (χ1v) is 5.94. The number of rotatable bonds is 3. The van der Waals surface area contributed by atoms with Gasteiger partial charge in [0.1, 0.15) is 0 Å². The molecule has 1 aromatic carbocycles. The number of hydrogen-bond acceptors (Lipinski definition) is 3. The van der Waals surface area contributed by atoms with Gasteiger partial charge in [0.2, 0.25) is 5.91 Å². The van der Waals surface area contributed by atoms with E-state index >= 15 is 0 Å².